The molecule has 0 atom stereocenters. The van der Waals surface area contributed by atoms with Crippen molar-refractivity contribution in [2.45, 2.75) is 20.8 Å². The molecule has 1 N–H and O–H groups in total. The second kappa shape index (κ2) is 8.04. The van der Waals surface area contributed by atoms with E-state index in [0.717, 1.165) is 11.4 Å². The van der Waals surface area contributed by atoms with Crippen LogP contribution in [0.2, 0.25) is 0 Å². The minimum Gasteiger partial charge on any atom is -0.356 e. The number of hydrogen-bond acceptors (Lipinski definition) is 1. The minimum atomic E-state index is 1.13. The Hall–Kier alpha value is -2.54. The van der Waals surface area contributed by atoms with Gasteiger partial charge in [0.25, 0.3) is 0 Å². The first kappa shape index (κ1) is 15.8. The Kier molecular flexibility index (Phi) is 5.79. The van der Waals surface area contributed by atoms with Crippen molar-refractivity contribution in [3.8, 4) is 0 Å². The molecule has 3 aromatic rings. The lowest BCUT2D eigenvalue weighted by Gasteiger charge is -2.06. The van der Waals surface area contributed by atoms with Gasteiger partial charge in [0.15, 0.2) is 0 Å². The van der Waals surface area contributed by atoms with Crippen molar-refractivity contribution >= 4 is 11.4 Å². The van der Waals surface area contributed by atoms with Gasteiger partial charge >= 0.3 is 0 Å². The van der Waals surface area contributed by atoms with Gasteiger partial charge in [0.2, 0.25) is 0 Å². The summed E-state index contributed by atoms with van der Waals surface area (Å²) in [4.78, 5) is 0. The van der Waals surface area contributed by atoms with Crippen molar-refractivity contribution in [3.05, 3.63) is 95.6 Å². The van der Waals surface area contributed by atoms with E-state index in [-0.39, 0.29) is 0 Å². The van der Waals surface area contributed by atoms with Crippen LogP contribution < -0.4 is 5.32 Å². The summed E-state index contributed by atoms with van der Waals surface area (Å²) in [7, 11) is 0. The fraction of sp³-hybridized carbons (Fsp3) is 0.143. The van der Waals surface area contributed by atoms with E-state index in [2.05, 4.69) is 86.8 Å². The molecule has 1 nitrogen and oxygen atoms in total. The van der Waals surface area contributed by atoms with Crippen LogP contribution in [0.4, 0.5) is 11.4 Å². The van der Waals surface area contributed by atoms with Crippen LogP contribution in [0.3, 0.4) is 0 Å². The third kappa shape index (κ3) is 5.45. The van der Waals surface area contributed by atoms with Crippen LogP contribution in [0.5, 0.6) is 0 Å². The number of aryl methyl sites for hydroxylation is 3. The van der Waals surface area contributed by atoms with Crippen LogP contribution in [-0.4, -0.2) is 0 Å². The lowest BCUT2D eigenvalue weighted by molar-refractivity contribution is 1.43. The first-order valence-corrected chi connectivity index (χ1v) is 7.55. The van der Waals surface area contributed by atoms with Gasteiger partial charge in [-0.3, -0.25) is 0 Å². The smallest absolute Gasteiger partial charge is 0.0384 e. The maximum absolute atomic E-state index is 3.36. The van der Waals surface area contributed by atoms with Crippen molar-refractivity contribution in [1.29, 1.82) is 0 Å². The summed E-state index contributed by atoms with van der Waals surface area (Å²) in [6.45, 7) is 6.27. The number of rotatable bonds is 2. The first-order chi connectivity index (χ1) is 10.6. The van der Waals surface area contributed by atoms with Gasteiger partial charge in [-0.25, -0.2) is 0 Å². The predicted octanol–water partition coefficient (Wildman–Crippen LogP) is 6.04. The highest BCUT2D eigenvalue weighted by atomic mass is 14.9. The SMILES string of the molecule is Cc1ccc(Nc2ccc(C)cc2)cc1.Cc1ccccc1. The van der Waals surface area contributed by atoms with Gasteiger partial charge in [-0.05, 0) is 45.0 Å². The van der Waals surface area contributed by atoms with Crippen molar-refractivity contribution in [3.63, 3.8) is 0 Å². The normalized spacial score (nSPS) is 9.59. The van der Waals surface area contributed by atoms with Crippen LogP contribution >= 0.6 is 0 Å². The van der Waals surface area contributed by atoms with Gasteiger partial charge < -0.3 is 5.32 Å². The van der Waals surface area contributed by atoms with Gasteiger partial charge in [0, 0.05) is 11.4 Å². The summed E-state index contributed by atoms with van der Waals surface area (Å²) in [5.74, 6) is 0. The Morgan fingerprint density at radius 3 is 1.14 bits per heavy atom. The summed E-state index contributed by atoms with van der Waals surface area (Å²) in [5, 5.41) is 3.36. The molecule has 0 aliphatic heterocycles. The van der Waals surface area contributed by atoms with Crippen LogP contribution in [0.1, 0.15) is 16.7 Å². The minimum absolute atomic E-state index is 1.13. The number of anilines is 2. The second-order valence-corrected chi connectivity index (χ2v) is 5.51. The monoisotopic (exact) mass is 289 g/mol. The number of benzene rings is 3. The zero-order valence-electron chi connectivity index (χ0n) is 13.5. The standard InChI is InChI=1S/C14H15N.C7H8/c1-11-3-7-13(8-4-11)15-14-9-5-12(2)6-10-14;1-7-5-3-2-4-6-7/h3-10,15H,1-2H3;2-6H,1H3. The van der Waals surface area contributed by atoms with Crippen LogP contribution in [0.15, 0.2) is 78.9 Å². The number of nitrogens with one attached hydrogen (secondary N) is 1. The van der Waals surface area contributed by atoms with Crippen molar-refractivity contribution in [1.82, 2.24) is 0 Å². The summed E-state index contributed by atoms with van der Waals surface area (Å²) < 4.78 is 0. The molecule has 0 spiro atoms. The summed E-state index contributed by atoms with van der Waals surface area (Å²) in [6.07, 6.45) is 0. The maximum atomic E-state index is 3.36. The van der Waals surface area contributed by atoms with Crippen LogP contribution in [0, 0.1) is 20.8 Å². The third-order valence-corrected chi connectivity index (χ3v) is 3.33. The molecule has 0 saturated heterocycles. The lowest BCUT2D eigenvalue weighted by Crippen LogP contribution is -1.89. The van der Waals surface area contributed by atoms with E-state index >= 15 is 0 Å². The largest absolute Gasteiger partial charge is 0.356 e. The third-order valence-electron chi connectivity index (χ3n) is 3.33. The molecule has 0 fully saturated rings. The molecule has 0 heterocycles. The number of hydrogen-bond donors (Lipinski definition) is 1. The Balaban J connectivity index is 0.000000211. The fourth-order valence-electron chi connectivity index (χ4n) is 1.97. The molecular weight excluding hydrogens is 266 g/mol. The van der Waals surface area contributed by atoms with Crippen LogP contribution in [0.25, 0.3) is 0 Å². The average molecular weight is 289 g/mol. The summed E-state index contributed by atoms with van der Waals surface area (Å²) in [6, 6.07) is 27.1. The van der Waals surface area contributed by atoms with E-state index in [0.29, 0.717) is 0 Å². The molecule has 0 unspecified atom stereocenters. The molecule has 0 bridgehead atoms. The summed E-state index contributed by atoms with van der Waals surface area (Å²) in [5.41, 5.74) is 6.14. The molecule has 0 saturated carbocycles. The van der Waals surface area contributed by atoms with Gasteiger partial charge in [-0.1, -0.05) is 71.3 Å². The van der Waals surface area contributed by atoms with Crippen molar-refractivity contribution in [2.75, 3.05) is 5.32 Å². The van der Waals surface area contributed by atoms with E-state index in [9.17, 15) is 0 Å². The van der Waals surface area contributed by atoms with Gasteiger partial charge in [-0.2, -0.15) is 0 Å². The highest BCUT2D eigenvalue weighted by molar-refractivity contribution is 5.59. The fourth-order valence-corrected chi connectivity index (χ4v) is 1.97. The van der Waals surface area contributed by atoms with Gasteiger partial charge in [-0.15, -0.1) is 0 Å². The maximum Gasteiger partial charge on any atom is 0.0384 e. The van der Waals surface area contributed by atoms with E-state index in [1.165, 1.54) is 16.7 Å². The Labute approximate surface area is 133 Å². The molecule has 0 amide bonds. The molecule has 3 aromatic carbocycles. The van der Waals surface area contributed by atoms with E-state index < -0.39 is 0 Å². The highest BCUT2D eigenvalue weighted by Gasteiger charge is 1.93. The lowest BCUT2D eigenvalue weighted by atomic mass is 10.2. The Morgan fingerprint density at radius 1 is 0.455 bits per heavy atom. The first-order valence-electron chi connectivity index (χ1n) is 7.55. The Bertz CT molecular complexity index is 624. The molecule has 22 heavy (non-hydrogen) atoms. The molecule has 3 rings (SSSR count). The van der Waals surface area contributed by atoms with E-state index in [1.54, 1.807) is 0 Å². The summed E-state index contributed by atoms with van der Waals surface area (Å²) >= 11 is 0. The van der Waals surface area contributed by atoms with Gasteiger partial charge in [0.1, 0.15) is 0 Å². The van der Waals surface area contributed by atoms with E-state index in [1.807, 2.05) is 18.2 Å². The van der Waals surface area contributed by atoms with Crippen molar-refractivity contribution < 1.29 is 0 Å². The highest BCUT2D eigenvalue weighted by Crippen LogP contribution is 2.17. The van der Waals surface area contributed by atoms with Crippen LogP contribution in [-0.2, 0) is 0 Å². The molecule has 0 aromatic heterocycles. The molecule has 0 aliphatic rings. The van der Waals surface area contributed by atoms with Crippen molar-refractivity contribution in [2.24, 2.45) is 0 Å². The predicted molar refractivity (Wildman–Crippen MR) is 96.8 cm³/mol. The molecule has 0 radical (unpaired) electrons. The topological polar surface area (TPSA) is 12.0 Å². The zero-order chi connectivity index (χ0) is 15.8. The molecule has 1 heteroatoms. The zero-order valence-corrected chi connectivity index (χ0v) is 13.5. The Morgan fingerprint density at radius 2 is 0.818 bits per heavy atom. The average Bonchev–Trinajstić information content (AvgIpc) is 2.53. The van der Waals surface area contributed by atoms with Gasteiger partial charge in [0.05, 0.1) is 0 Å². The molecule has 112 valence electrons. The van der Waals surface area contributed by atoms with E-state index in [4.69, 9.17) is 0 Å². The quantitative estimate of drug-likeness (QED) is 0.606. The molecular formula is C21H23N. The second-order valence-electron chi connectivity index (χ2n) is 5.51. The molecule has 0 aliphatic carbocycles.